The van der Waals surface area contributed by atoms with E-state index in [-0.39, 0.29) is 0 Å². The first kappa shape index (κ1) is 11.8. The molecule has 17 heavy (non-hydrogen) atoms. The van der Waals surface area contributed by atoms with Gasteiger partial charge in [-0.3, -0.25) is 0 Å². The highest BCUT2D eigenvalue weighted by molar-refractivity contribution is 5.22. The molecule has 0 aliphatic carbocycles. The van der Waals surface area contributed by atoms with Gasteiger partial charge in [-0.1, -0.05) is 35.0 Å². The van der Waals surface area contributed by atoms with Crippen LogP contribution in [-0.2, 0) is 13.0 Å². The number of nitrogens with zero attached hydrogens (tertiary/aromatic N) is 3. The number of benzene rings is 1. The van der Waals surface area contributed by atoms with Gasteiger partial charge in [0.2, 0.25) is 0 Å². The summed E-state index contributed by atoms with van der Waals surface area (Å²) in [5.74, 6) is 0. The van der Waals surface area contributed by atoms with Crippen LogP contribution in [0.1, 0.15) is 22.5 Å². The highest BCUT2D eigenvalue weighted by Crippen LogP contribution is 2.09. The zero-order chi connectivity index (χ0) is 12.3. The van der Waals surface area contributed by atoms with Gasteiger partial charge in [0.05, 0.1) is 17.9 Å². The van der Waals surface area contributed by atoms with Gasteiger partial charge in [0.15, 0.2) is 0 Å². The van der Waals surface area contributed by atoms with E-state index in [1.807, 2.05) is 11.6 Å². The summed E-state index contributed by atoms with van der Waals surface area (Å²) in [5, 5.41) is 8.32. The zero-order valence-electron chi connectivity index (χ0n) is 10.3. The Morgan fingerprint density at radius 2 is 1.88 bits per heavy atom. The van der Waals surface area contributed by atoms with Crippen LogP contribution in [0.3, 0.4) is 0 Å². The first-order valence-corrected chi connectivity index (χ1v) is 5.85. The predicted octanol–water partition coefficient (Wildman–Crippen LogP) is 1.44. The molecule has 0 bridgehead atoms. The quantitative estimate of drug-likeness (QED) is 0.864. The molecule has 0 spiro atoms. The molecule has 2 rings (SSSR count). The van der Waals surface area contributed by atoms with E-state index in [1.165, 1.54) is 11.1 Å². The van der Waals surface area contributed by atoms with Crippen molar-refractivity contribution in [3.05, 3.63) is 46.8 Å². The fourth-order valence-electron chi connectivity index (χ4n) is 1.78. The minimum absolute atomic E-state index is 0.615. The predicted molar refractivity (Wildman–Crippen MR) is 67.8 cm³/mol. The molecular formula is C13H18N4. The maximum atomic E-state index is 5.53. The van der Waals surface area contributed by atoms with Crippen molar-refractivity contribution in [2.45, 2.75) is 26.8 Å². The lowest BCUT2D eigenvalue weighted by Crippen LogP contribution is -2.06. The van der Waals surface area contributed by atoms with Gasteiger partial charge in [0, 0.05) is 6.42 Å². The number of hydrogen-bond acceptors (Lipinski definition) is 3. The number of rotatable bonds is 4. The largest absolute Gasteiger partial charge is 0.330 e. The molecule has 1 aromatic heterocycles. The van der Waals surface area contributed by atoms with Crippen LogP contribution in [0.4, 0.5) is 0 Å². The van der Waals surface area contributed by atoms with Gasteiger partial charge in [-0.25, -0.2) is 4.68 Å². The molecule has 0 fully saturated rings. The Morgan fingerprint density at radius 1 is 1.18 bits per heavy atom. The second-order valence-corrected chi connectivity index (χ2v) is 4.30. The van der Waals surface area contributed by atoms with Gasteiger partial charge in [-0.15, -0.1) is 5.10 Å². The molecule has 0 unspecified atom stereocenters. The van der Waals surface area contributed by atoms with Crippen LogP contribution >= 0.6 is 0 Å². The molecule has 0 atom stereocenters. The lowest BCUT2D eigenvalue weighted by atomic mass is 10.1. The molecule has 1 aromatic carbocycles. The number of aromatic nitrogens is 3. The van der Waals surface area contributed by atoms with Crippen molar-refractivity contribution < 1.29 is 0 Å². The Bertz CT molecular complexity index is 485. The summed E-state index contributed by atoms with van der Waals surface area (Å²) in [7, 11) is 0. The van der Waals surface area contributed by atoms with Gasteiger partial charge < -0.3 is 5.73 Å². The van der Waals surface area contributed by atoms with Crippen LogP contribution < -0.4 is 5.73 Å². The first-order chi connectivity index (χ1) is 8.20. The minimum Gasteiger partial charge on any atom is -0.330 e. The second kappa shape index (κ2) is 5.10. The standard InChI is InChI=1S/C13H18N4/c1-10-3-5-12(6-4-10)9-17-11(2)13(7-8-14)15-16-17/h3-6H,7-9,14H2,1-2H3. The Morgan fingerprint density at radius 3 is 2.53 bits per heavy atom. The van der Waals surface area contributed by atoms with Crippen LogP contribution in [-0.4, -0.2) is 21.5 Å². The normalized spacial score (nSPS) is 10.8. The molecule has 0 saturated heterocycles. The summed E-state index contributed by atoms with van der Waals surface area (Å²) in [6.45, 7) is 5.51. The Labute approximate surface area is 101 Å². The van der Waals surface area contributed by atoms with Crippen molar-refractivity contribution in [2.75, 3.05) is 6.54 Å². The smallest absolute Gasteiger partial charge is 0.0868 e. The third-order valence-corrected chi connectivity index (χ3v) is 2.91. The topological polar surface area (TPSA) is 56.7 Å². The lowest BCUT2D eigenvalue weighted by Gasteiger charge is -2.04. The van der Waals surface area contributed by atoms with Gasteiger partial charge in [-0.05, 0) is 26.0 Å². The average Bonchev–Trinajstić information content (AvgIpc) is 2.65. The Kier molecular flexibility index (Phi) is 3.54. The van der Waals surface area contributed by atoms with Crippen LogP contribution in [0.5, 0.6) is 0 Å². The molecule has 0 radical (unpaired) electrons. The third kappa shape index (κ3) is 2.71. The summed E-state index contributed by atoms with van der Waals surface area (Å²) in [4.78, 5) is 0. The fourth-order valence-corrected chi connectivity index (χ4v) is 1.78. The highest BCUT2D eigenvalue weighted by atomic mass is 15.4. The Hall–Kier alpha value is -1.68. The molecule has 1 heterocycles. The van der Waals surface area contributed by atoms with Crippen molar-refractivity contribution in [3.63, 3.8) is 0 Å². The molecular weight excluding hydrogens is 212 g/mol. The van der Waals surface area contributed by atoms with Crippen LogP contribution in [0.25, 0.3) is 0 Å². The summed E-state index contributed by atoms with van der Waals surface area (Å²) in [6.07, 6.45) is 0.791. The summed E-state index contributed by atoms with van der Waals surface area (Å²) in [5.41, 5.74) is 10.1. The van der Waals surface area contributed by atoms with Gasteiger partial charge in [0.1, 0.15) is 0 Å². The molecule has 4 heteroatoms. The zero-order valence-corrected chi connectivity index (χ0v) is 10.3. The van der Waals surface area contributed by atoms with E-state index in [0.717, 1.165) is 24.4 Å². The minimum atomic E-state index is 0.615. The third-order valence-electron chi connectivity index (χ3n) is 2.91. The molecule has 4 nitrogen and oxygen atoms in total. The molecule has 0 aliphatic rings. The van der Waals surface area contributed by atoms with Crippen LogP contribution in [0, 0.1) is 13.8 Å². The molecule has 0 aliphatic heterocycles. The maximum absolute atomic E-state index is 5.53. The van der Waals surface area contributed by atoms with Crippen molar-refractivity contribution in [1.29, 1.82) is 0 Å². The van der Waals surface area contributed by atoms with E-state index < -0.39 is 0 Å². The molecule has 0 amide bonds. The highest BCUT2D eigenvalue weighted by Gasteiger charge is 2.07. The molecule has 2 aromatic rings. The van der Waals surface area contributed by atoms with Gasteiger partial charge in [-0.2, -0.15) is 0 Å². The number of aryl methyl sites for hydroxylation is 1. The lowest BCUT2D eigenvalue weighted by molar-refractivity contribution is 0.633. The first-order valence-electron chi connectivity index (χ1n) is 5.85. The number of nitrogens with two attached hydrogens (primary N) is 1. The van der Waals surface area contributed by atoms with E-state index in [4.69, 9.17) is 5.73 Å². The summed E-state index contributed by atoms with van der Waals surface area (Å²) >= 11 is 0. The molecule has 0 saturated carbocycles. The van der Waals surface area contributed by atoms with Crippen molar-refractivity contribution in [2.24, 2.45) is 5.73 Å². The van der Waals surface area contributed by atoms with E-state index in [1.54, 1.807) is 0 Å². The number of hydrogen-bond donors (Lipinski definition) is 1. The maximum Gasteiger partial charge on any atom is 0.0868 e. The van der Waals surface area contributed by atoms with Crippen molar-refractivity contribution >= 4 is 0 Å². The molecule has 2 N–H and O–H groups in total. The van der Waals surface area contributed by atoms with Crippen LogP contribution in [0.15, 0.2) is 24.3 Å². The van der Waals surface area contributed by atoms with E-state index in [2.05, 4.69) is 41.5 Å². The van der Waals surface area contributed by atoms with Crippen molar-refractivity contribution in [3.8, 4) is 0 Å². The van der Waals surface area contributed by atoms with E-state index in [0.29, 0.717) is 6.54 Å². The fraction of sp³-hybridized carbons (Fsp3) is 0.385. The summed E-state index contributed by atoms with van der Waals surface area (Å²) in [6, 6.07) is 8.48. The van der Waals surface area contributed by atoms with Crippen LogP contribution in [0.2, 0.25) is 0 Å². The second-order valence-electron chi connectivity index (χ2n) is 4.30. The molecule has 90 valence electrons. The van der Waals surface area contributed by atoms with Crippen molar-refractivity contribution in [1.82, 2.24) is 15.0 Å². The monoisotopic (exact) mass is 230 g/mol. The van der Waals surface area contributed by atoms with Gasteiger partial charge >= 0.3 is 0 Å². The van der Waals surface area contributed by atoms with Gasteiger partial charge in [0.25, 0.3) is 0 Å². The average molecular weight is 230 g/mol. The Balaban J connectivity index is 2.16. The SMILES string of the molecule is Cc1ccc(Cn2nnc(CCN)c2C)cc1. The van der Waals surface area contributed by atoms with E-state index in [9.17, 15) is 0 Å². The summed E-state index contributed by atoms with van der Waals surface area (Å²) < 4.78 is 1.93. The van der Waals surface area contributed by atoms with E-state index >= 15 is 0 Å².